The third-order valence-electron chi connectivity index (χ3n) is 6.27. The predicted octanol–water partition coefficient (Wildman–Crippen LogP) is 6.00. The highest BCUT2D eigenvalue weighted by atomic mass is 14.5. The van der Waals surface area contributed by atoms with Crippen LogP contribution in [-0.2, 0) is 0 Å². The van der Waals surface area contributed by atoms with Crippen molar-refractivity contribution in [3.05, 3.63) is 23.8 Å². The molecule has 2 saturated carbocycles. The zero-order valence-electron chi connectivity index (χ0n) is 13.6. The normalized spacial score (nSPS) is 44.9. The lowest BCUT2D eigenvalue weighted by Gasteiger charge is -2.35. The summed E-state index contributed by atoms with van der Waals surface area (Å²) < 4.78 is 0. The lowest BCUT2D eigenvalue weighted by Crippen LogP contribution is -2.27. The maximum Gasteiger partial charge on any atom is -0.0169 e. The molecule has 20 heavy (non-hydrogen) atoms. The molecule has 0 nitrogen and oxygen atoms in total. The summed E-state index contributed by atoms with van der Waals surface area (Å²) in [6.07, 6.45) is 17.6. The molecule has 0 radical (unpaired) electrons. The summed E-state index contributed by atoms with van der Waals surface area (Å²) in [5, 5.41) is 0. The van der Waals surface area contributed by atoms with E-state index >= 15 is 0 Å². The molecule has 0 aromatic rings. The van der Waals surface area contributed by atoms with Crippen molar-refractivity contribution in [1.82, 2.24) is 0 Å². The summed E-state index contributed by atoms with van der Waals surface area (Å²) in [5.41, 5.74) is 1.87. The number of allylic oxidation sites excluding steroid dienone is 4. The van der Waals surface area contributed by atoms with Crippen LogP contribution in [0.15, 0.2) is 23.8 Å². The van der Waals surface area contributed by atoms with E-state index in [-0.39, 0.29) is 0 Å². The quantitative estimate of drug-likeness (QED) is 0.539. The summed E-state index contributed by atoms with van der Waals surface area (Å²) in [4.78, 5) is 0. The van der Waals surface area contributed by atoms with Crippen molar-refractivity contribution in [3.8, 4) is 0 Å². The average Bonchev–Trinajstić information content (AvgIpc) is 3.11. The minimum Gasteiger partial charge on any atom is -0.0854 e. The van der Waals surface area contributed by atoms with Crippen LogP contribution >= 0.6 is 0 Å². The van der Waals surface area contributed by atoms with Gasteiger partial charge in [-0.1, -0.05) is 57.4 Å². The van der Waals surface area contributed by atoms with E-state index in [1.807, 2.05) is 5.57 Å². The van der Waals surface area contributed by atoms with E-state index in [2.05, 4.69) is 39.0 Å². The van der Waals surface area contributed by atoms with Gasteiger partial charge >= 0.3 is 0 Å². The number of hydrogen-bond donors (Lipinski definition) is 0. The zero-order valence-corrected chi connectivity index (χ0v) is 13.6. The van der Waals surface area contributed by atoms with Gasteiger partial charge in [-0.2, -0.15) is 0 Å². The Hall–Kier alpha value is -0.520. The van der Waals surface area contributed by atoms with Gasteiger partial charge in [-0.25, -0.2) is 0 Å². The minimum absolute atomic E-state index is 0.832. The molecule has 0 N–H and O–H groups in total. The van der Waals surface area contributed by atoms with Crippen LogP contribution in [0.4, 0.5) is 0 Å². The third kappa shape index (κ3) is 2.51. The smallest absolute Gasteiger partial charge is 0.0169 e. The average molecular weight is 272 g/mol. The van der Waals surface area contributed by atoms with Crippen LogP contribution in [0, 0.1) is 35.5 Å². The van der Waals surface area contributed by atoms with Gasteiger partial charge in [0, 0.05) is 0 Å². The van der Waals surface area contributed by atoms with E-state index in [4.69, 9.17) is 0 Å². The van der Waals surface area contributed by atoms with Gasteiger partial charge in [0.1, 0.15) is 0 Å². The second-order valence-electron chi connectivity index (χ2n) is 7.62. The third-order valence-corrected chi connectivity index (χ3v) is 6.27. The minimum atomic E-state index is 0.832. The van der Waals surface area contributed by atoms with Crippen molar-refractivity contribution < 1.29 is 0 Å². The van der Waals surface area contributed by atoms with E-state index in [0.29, 0.717) is 0 Å². The number of hydrogen-bond acceptors (Lipinski definition) is 0. The van der Waals surface area contributed by atoms with Crippen LogP contribution < -0.4 is 0 Å². The van der Waals surface area contributed by atoms with Crippen LogP contribution in [-0.4, -0.2) is 0 Å². The first-order valence-corrected chi connectivity index (χ1v) is 9.12. The Morgan fingerprint density at radius 3 is 2.55 bits per heavy atom. The molecule has 0 saturated heterocycles. The Labute approximate surface area is 125 Å². The van der Waals surface area contributed by atoms with Crippen LogP contribution in [0.2, 0.25) is 0 Å². The maximum absolute atomic E-state index is 2.59. The summed E-state index contributed by atoms with van der Waals surface area (Å²) in [7, 11) is 0. The topological polar surface area (TPSA) is 0 Å². The maximum atomic E-state index is 2.59. The molecule has 0 heterocycles. The van der Waals surface area contributed by atoms with Gasteiger partial charge in [0.15, 0.2) is 0 Å². The van der Waals surface area contributed by atoms with Crippen LogP contribution in [0.5, 0.6) is 0 Å². The Kier molecular flexibility index (Phi) is 4.38. The molecule has 0 amide bonds. The van der Waals surface area contributed by atoms with Gasteiger partial charge in [0.05, 0.1) is 0 Å². The molecule has 0 heteroatoms. The van der Waals surface area contributed by atoms with Crippen molar-refractivity contribution in [3.63, 3.8) is 0 Å². The first-order valence-electron chi connectivity index (χ1n) is 9.12. The summed E-state index contributed by atoms with van der Waals surface area (Å²) in [6, 6.07) is 0. The molecule has 112 valence electrons. The van der Waals surface area contributed by atoms with Crippen molar-refractivity contribution in [2.45, 2.75) is 65.7 Å². The van der Waals surface area contributed by atoms with Gasteiger partial charge in [-0.3, -0.25) is 0 Å². The Morgan fingerprint density at radius 2 is 1.90 bits per heavy atom. The highest BCUT2D eigenvalue weighted by molar-refractivity contribution is 5.24. The molecule has 3 rings (SSSR count). The SMILES string of the molecule is CC/C=C1\C2CC(C3C=CC(C)C3)C(C2)C1CCCC. The molecule has 2 fully saturated rings. The predicted molar refractivity (Wildman–Crippen MR) is 87.5 cm³/mol. The van der Waals surface area contributed by atoms with Crippen LogP contribution in [0.25, 0.3) is 0 Å². The molecule has 0 aliphatic heterocycles. The van der Waals surface area contributed by atoms with Crippen LogP contribution in [0.1, 0.15) is 65.7 Å². The molecule has 3 aliphatic rings. The van der Waals surface area contributed by atoms with E-state index in [1.54, 1.807) is 0 Å². The van der Waals surface area contributed by atoms with E-state index in [9.17, 15) is 0 Å². The Balaban J connectivity index is 1.73. The lowest BCUT2D eigenvalue weighted by atomic mass is 9.70. The molecule has 6 unspecified atom stereocenters. The van der Waals surface area contributed by atoms with Gasteiger partial charge in [-0.05, 0) is 67.6 Å². The van der Waals surface area contributed by atoms with Gasteiger partial charge in [0.2, 0.25) is 0 Å². The monoisotopic (exact) mass is 272 g/mol. The van der Waals surface area contributed by atoms with Crippen molar-refractivity contribution in [1.29, 1.82) is 0 Å². The summed E-state index contributed by atoms with van der Waals surface area (Å²) in [6.45, 7) is 7.05. The van der Waals surface area contributed by atoms with E-state index in [1.165, 1.54) is 44.9 Å². The second kappa shape index (κ2) is 6.08. The standard InChI is InChI=1S/C20H32/c1-4-6-8-18-17(7-5-2)16-12-19(20(18)13-16)15-10-9-14(3)11-15/h7,9-10,14-16,18-20H,4-6,8,11-13H2,1-3H3/b17-7+. The molecular weight excluding hydrogens is 240 g/mol. The summed E-state index contributed by atoms with van der Waals surface area (Å²) >= 11 is 0. The lowest BCUT2D eigenvalue weighted by molar-refractivity contribution is 0.212. The van der Waals surface area contributed by atoms with E-state index in [0.717, 1.165) is 35.5 Å². The fourth-order valence-corrected chi connectivity index (χ4v) is 5.47. The highest BCUT2D eigenvalue weighted by Crippen LogP contribution is 2.59. The zero-order chi connectivity index (χ0) is 14.1. The number of rotatable bonds is 5. The highest BCUT2D eigenvalue weighted by Gasteiger charge is 2.50. The molecule has 0 aromatic carbocycles. The second-order valence-corrected chi connectivity index (χ2v) is 7.62. The Morgan fingerprint density at radius 1 is 1.10 bits per heavy atom. The van der Waals surface area contributed by atoms with Gasteiger partial charge in [0.25, 0.3) is 0 Å². The first-order chi connectivity index (χ1) is 9.74. The first kappa shape index (κ1) is 14.4. The molecule has 2 bridgehead atoms. The number of fused-ring (bicyclic) bond motifs is 2. The molecule has 0 aromatic heterocycles. The number of unbranched alkanes of at least 4 members (excludes halogenated alkanes) is 1. The molecular formula is C20H32. The van der Waals surface area contributed by atoms with Crippen molar-refractivity contribution >= 4 is 0 Å². The fourth-order valence-electron chi connectivity index (χ4n) is 5.47. The summed E-state index contributed by atoms with van der Waals surface area (Å²) in [5.74, 6) is 5.67. The van der Waals surface area contributed by atoms with Gasteiger partial charge in [-0.15, -0.1) is 0 Å². The van der Waals surface area contributed by atoms with Gasteiger partial charge < -0.3 is 0 Å². The Bertz CT molecular complexity index is 389. The molecule has 6 atom stereocenters. The fraction of sp³-hybridized carbons (Fsp3) is 0.800. The molecule has 0 spiro atoms. The van der Waals surface area contributed by atoms with Crippen LogP contribution in [0.3, 0.4) is 0 Å². The van der Waals surface area contributed by atoms with E-state index < -0.39 is 0 Å². The van der Waals surface area contributed by atoms with Crippen molar-refractivity contribution in [2.75, 3.05) is 0 Å². The van der Waals surface area contributed by atoms with Crippen molar-refractivity contribution in [2.24, 2.45) is 35.5 Å². The largest absolute Gasteiger partial charge is 0.0854 e. The molecule has 3 aliphatic carbocycles.